The Kier molecular flexibility index (Phi) is 7.84. The number of aromatic nitrogens is 1. The van der Waals surface area contributed by atoms with Crippen LogP contribution in [0.3, 0.4) is 0 Å². The molecule has 1 aromatic rings. The van der Waals surface area contributed by atoms with Gasteiger partial charge in [0.25, 0.3) is 5.91 Å². The summed E-state index contributed by atoms with van der Waals surface area (Å²) in [4.78, 5) is 45.3. The van der Waals surface area contributed by atoms with Crippen LogP contribution in [-0.2, 0) is 23.9 Å². The molecule has 0 atom stereocenters. The summed E-state index contributed by atoms with van der Waals surface area (Å²) in [6.45, 7) is 13.0. The molecule has 10 nitrogen and oxygen atoms in total. The van der Waals surface area contributed by atoms with Crippen LogP contribution in [0, 0.1) is 0 Å². The molecular formula is C18H27ClN4O6S. The van der Waals surface area contributed by atoms with Gasteiger partial charge in [0.15, 0.2) is 10.8 Å². The van der Waals surface area contributed by atoms with Crippen molar-refractivity contribution in [1.29, 1.82) is 0 Å². The number of anilines is 1. The second-order valence-electron chi connectivity index (χ2n) is 8.68. The van der Waals surface area contributed by atoms with Crippen molar-refractivity contribution in [1.82, 2.24) is 4.98 Å². The molecule has 0 radical (unpaired) electrons. The number of amides is 2. The van der Waals surface area contributed by atoms with Crippen molar-refractivity contribution in [3.63, 3.8) is 0 Å². The van der Waals surface area contributed by atoms with Gasteiger partial charge in [0.2, 0.25) is 5.60 Å². The van der Waals surface area contributed by atoms with Gasteiger partial charge in [-0.2, -0.15) is 0 Å². The summed E-state index contributed by atoms with van der Waals surface area (Å²) < 4.78 is 10.4. The number of thiazole rings is 1. The van der Waals surface area contributed by atoms with E-state index >= 15 is 0 Å². The van der Waals surface area contributed by atoms with E-state index in [0.717, 1.165) is 11.3 Å². The van der Waals surface area contributed by atoms with E-state index in [1.54, 1.807) is 41.5 Å². The van der Waals surface area contributed by atoms with Gasteiger partial charge in [-0.15, -0.1) is 0 Å². The summed E-state index contributed by atoms with van der Waals surface area (Å²) >= 11 is 7.00. The standard InChI is InChI=1S/C18H27ClN4O6S/c1-16(2,3)27-13(25)18(7,8)29-23-10(12(20)24)9-11(19)30-14(21-9)22-15(26)28-17(4,5)6/h1-8H3,(H2,20,24)(H,21,22,26)/b23-10-. The third kappa shape index (κ3) is 8.15. The fourth-order valence-corrected chi connectivity index (χ4v) is 2.73. The fraction of sp³-hybridized carbons (Fsp3) is 0.611. The van der Waals surface area contributed by atoms with Gasteiger partial charge in [-0.1, -0.05) is 28.1 Å². The van der Waals surface area contributed by atoms with Crippen molar-refractivity contribution in [2.75, 3.05) is 5.32 Å². The van der Waals surface area contributed by atoms with Crippen LogP contribution in [0.15, 0.2) is 5.16 Å². The van der Waals surface area contributed by atoms with E-state index in [-0.39, 0.29) is 15.2 Å². The summed E-state index contributed by atoms with van der Waals surface area (Å²) in [6, 6.07) is 0. The molecule has 0 unspecified atom stereocenters. The molecule has 0 aliphatic heterocycles. The zero-order valence-corrected chi connectivity index (χ0v) is 19.8. The van der Waals surface area contributed by atoms with E-state index in [0.29, 0.717) is 0 Å². The van der Waals surface area contributed by atoms with Crippen molar-refractivity contribution in [3.05, 3.63) is 10.0 Å². The zero-order valence-electron chi connectivity index (χ0n) is 18.2. The number of ether oxygens (including phenoxy) is 2. The Morgan fingerprint density at radius 3 is 2.03 bits per heavy atom. The third-order valence-corrected chi connectivity index (χ3v) is 4.08. The summed E-state index contributed by atoms with van der Waals surface area (Å²) in [7, 11) is 0. The normalized spacial score (nSPS) is 12.9. The molecule has 0 saturated heterocycles. The quantitative estimate of drug-likeness (QED) is 0.374. The molecule has 1 rings (SSSR count). The van der Waals surface area contributed by atoms with Crippen LogP contribution in [0.2, 0.25) is 4.34 Å². The molecule has 168 valence electrons. The van der Waals surface area contributed by atoms with Crippen LogP contribution < -0.4 is 11.1 Å². The van der Waals surface area contributed by atoms with E-state index in [1.807, 2.05) is 0 Å². The Bertz CT molecular complexity index is 852. The molecule has 0 aromatic carbocycles. The monoisotopic (exact) mass is 462 g/mol. The average Bonchev–Trinajstić information content (AvgIpc) is 2.83. The van der Waals surface area contributed by atoms with E-state index in [2.05, 4.69) is 15.5 Å². The second kappa shape index (κ2) is 9.17. The Morgan fingerprint density at radius 1 is 1.03 bits per heavy atom. The molecule has 0 saturated carbocycles. The van der Waals surface area contributed by atoms with Gasteiger partial charge in [0, 0.05) is 0 Å². The number of rotatable bonds is 6. The minimum atomic E-state index is -1.52. The number of nitrogens with one attached hydrogen (secondary N) is 1. The Morgan fingerprint density at radius 2 is 1.57 bits per heavy atom. The lowest BCUT2D eigenvalue weighted by Gasteiger charge is -2.26. The van der Waals surface area contributed by atoms with Crippen LogP contribution in [0.1, 0.15) is 61.1 Å². The number of nitrogens with zero attached hydrogens (tertiary/aromatic N) is 2. The number of primary amides is 1. The van der Waals surface area contributed by atoms with Crippen molar-refractivity contribution < 1.29 is 28.7 Å². The first-order valence-corrected chi connectivity index (χ1v) is 10.1. The van der Waals surface area contributed by atoms with Gasteiger partial charge >= 0.3 is 12.1 Å². The van der Waals surface area contributed by atoms with Crippen LogP contribution >= 0.6 is 22.9 Å². The molecule has 0 aliphatic carbocycles. The van der Waals surface area contributed by atoms with Crippen molar-refractivity contribution in [3.8, 4) is 0 Å². The molecule has 1 aromatic heterocycles. The Hall–Kier alpha value is -2.40. The fourth-order valence-electron chi connectivity index (χ4n) is 1.69. The highest BCUT2D eigenvalue weighted by Crippen LogP contribution is 2.29. The highest BCUT2D eigenvalue weighted by Gasteiger charge is 2.36. The number of hydrogen-bond acceptors (Lipinski definition) is 9. The number of carbonyl (C=O) groups excluding carboxylic acids is 3. The molecule has 1 heterocycles. The maximum atomic E-state index is 12.3. The van der Waals surface area contributed by atoms with Gasteiger partial charge in [-0.3, -0.25) is 10.1 Å². The number of halogens is 1. The Labute approximate surface area is 184 Å². The number of esters is 1. The van der Waals surface area contributed by atoms with Gasteiger partial charge in [0.05, 0.1) is 0 Å². The van der Waals surface area contributed by atoms with Gasteiger partial charge in [-0.05, 0) is 55.4 Å². The lowest BCUT2D eigenvalue weighted by Crippen LogP contribution is -2.40. The smallest absolute Gasteiger partial charge is 0.413 e. The predicted octanol–water partition coefficient (Wildman–Crippen LogP) is 3.47. The first-order valence-electron chi connectivity index (χ1n) is 8.87. The van der Waals surface area contributed by atoms with Gasteiger partial charge < -0.3 is 20.0 Å². The highest BCUT2D eigenvalue weighted by molar-refractivity contribution is 7.20. The molecule has 0 fully saturated rings. The number of hydrogen-bond donors (Lipinski definition) is 2. The molecule has 12 heteroatoms. The molecule has 0 spiro atoms. The number of oxime groups is 1. The average molecular weight is 463 g/mol. The summed E-state index contributed by atoms with van der Waals surface area (Å²) in [5.74, 6) is -1.69. The largest absolute Gasteiger partial charge is 0.457 e. The molecule has 0 bridgehead atoms. The Balaban J connectivity index is 3.08. The van der Waals surface area contributed by atoms with E-state index in [1.165, 1.54) is 13.8 Å². The number of nitrogens with two attached hydrogens (primary N) is 1. The van der Waals surface area contributed by atoms with Crippen LogP contribution in [0.25, 0.3) is 0 Å². The number of carbonyl (C=O) groups is 3. The summed E-state index contributed by atoms with van der Waals surface area (Å²) in [6.07, 6.45) is -0.751. The molecule has 30 heavy (non-hydrogen) atoms. The lowest BCUT2D eigenvalue weighted by molar-refractivity contribution is -0.179. The first kappa shape index (κ1) is 25.6. The van der Waals surface area contributed by atoms with Gasteiger partial charge in [0.1, 0.15) is 21.2 Å². The molecular weight excluding hydrogens is 436 g/mol. The van der Waals surface area contributed by atoms with Crippen LogP contribution in [0.5, 0.6) is 0 Å². The topological polar surface area (TPSA) is 142 Å². The van der Waals surface area contributed by atoms with Crippen LogP contribution in [-0.4, -0.2) is 45.5 Å². The summed E-state index contributed by atoms with van der Waals surface area (Å²) in [5, 5.41) is 6.16. The SMILES string of the molecule is CC(C)(C)OC(=O)Nc1nc(/C(=N/OC(C)(C)C(=O)OC(C)(C)C)C(N)=O)c(Cl)s1. The zero-order chi connectivity index (χ0) is 23.5. The highest BCUT2D eigenvalue weighted by atomic mass is 35.5. The third-order valence-electron chi connectivity index (χ3n) is 2.91. The van der Waals surface area contributed by atoms with Crippen molar-refractivity contribution >= 4 is 51.8 Å². The molecule has 2 amide bonds. The lowest BCUT2D eigenvalue weighted by atomic mass is 10.1. The minimum Gasteiger partial charge on any atom is -0.457 e. The van der Waals surface area contributed by atoms with Crippen molar-refractivity contribution in [2.24, 2.45) is 10.9 Å². The van der Waals surface area contributed by atoms with E-state index in [4.69, 9.17) is 31.6 Å². The molecule has 3 N–H and O–H groups in total. The maximum absolute atomic E-state index is 12.3. The van der Waals surface area contributed by atoms with E-state index < -0.39 is 40.5 Å². The predicted molar refractivity (Wildman–Crippen MR) is 114 cm³/mol. The summed E-state index contributed by atoms with van der Waals surface area (Å²) in [5.41, 5.74) is 1.86. The second-order valence-corrected chi connectivity index (χ2v) is 10.3. The molecule has 0 aliphatic rings. The van der Waals surface area contributed by atoms with Crippen LogP contribution in [0.4, 0.5) is 9.93 Å². The van der Waals surface area contributed by atoms with Gasteiger partial charge in [-0.25, -0.2) is 14.6 Å². The first-order chi connectivity index (χ1) is 13.4. The maximum Gasteiger partial charge on any atom is 0.413 e. The van der Waals surface area contributed by atoms with E-state index in [9.17, 15) is 14.4 Å². The minimum absolute atomic E-state index is 0.0253. The van der Waals surface area contributed by atoms with Crippen molar-refractivity contribution in [2.45, 2.75) is 72.2 Å².